The van der Waals surface area contributed by atoms with E-state index in [2.05, 4.69) is 0 Å². The predicted octanol–water partition coefficient (Wildman–Crippen LogP) is 4.24. The highest BCUT2D eigenvalue weighted by atomic mass is 16.6. The van der Waals surface area contributed by atoms with E-state index in [1.165, 1.54) is 44.4 Å². The number of hydrogen-bond acceptors (Lipinski definition) is 8. The number of ketones is 1. The van der Waals surface area contributed by atoms with Gasteiger partial charge in [-0.2, -0.15) is 0 Å². The average molecular weight is 504 g/mol. The first-order chi connectivity index (χ1) is 17.8. The van der Waals surface area contributed by atoms with Crippen molar-refractivity contribution in [2.45, 2.75) is 12.6 Å². The molecule has 1 fully saturated rings. The molecule has 1 N–H and O–H groups in total. The molecule has 1 heterocycles. The van der Waals surface area contributed by atoms with Gasteiger partial charge in [0.1, 0.15) is 11.5 Å². The third-order valence-corrected chi connectivity index (χ3v) is 6.08. The fourth-order valence-corrected chi connectivity index (χ4v) is 4.30. The highest BCUT2D eigenvalue weighted by Gasteiger charge is 2.46. The van der Waals surface area contributed by atoms with Crippen molar-refractivity contribution in [3.8, 4) is 17.2 Å². The van der Waals surface area contributed by atoms with Crippen molar-refractivity contribution in [2.24, 2.45) is 0 Å². The van der Waals surface area contributed by atoms with Crippen molar-refractivity contribution < 1.29 is 33.8 Å². The maximum absolute atomic E-state index is 13.3. The number of carbonyl (C=O) groups excluding carboxylic acids is 2. The summed E-state index contributed by atoms with van der Waals surface area (Å²) >= 11 is 0. The molecule has 0 bridgehead atoms. The molecule has 190 valence electrons. The quantitative estimate of drug-likeness (QED) is 0.159. The van der Waals surface area contributed by atoms with Gasteiger partial charge in [0, 0.05) is 24.2 Å². The summed E-state index contributed by atoms with van der Waals surface area (Å²) in [6.07, 6.45) is 0. The summed E-state index contributed by atoms with van der Waals surface area (Å²) < 4.78 is 16.0. The first-order valence-electron chi connectivity index (χ1n) is 11.2. The van der Waals surface area contributed by atoms with Gasteiger partial charge in [-0.25, -0.2) is 0 Å². The number of Topliss-reactive ketones (excluding diaryl/α,β-unsaturated/α-hetero) is 1. The van der Waals surface area contributed by atoms with Crippen molar-refractivity contribution in [3.05, 3.63) is 99.1 Å². The smallest absolute Gasteiger partial charge is 0.295 e. The summed E-state index contributed by atoms with van der Waals surface area (Å²) in [7, 11) is 4.48. The fourth-order valence-electron chi connectivity index (χ4n) is 4.30. The number of nitrogens with zero attached hydrogens (tertiary/aromatic N) is 2. The molecule has 1 aliphatic heterocycles. The van der Waals surface area contributed by atoms with E-state index in [0.717, 1.165) is 6.07 Å². The molecule has 1 amide bonds. The lowest BCUT2D eigenvalue weighted by Crippen LogP contribution is -2.29. The number of nitro groups is 1. The summed E-state index contributed by atoms with van der Waals surface area (Å²) in [5.41, 5.74) is 0.778. The number of aliphatic hydroxyl groups excluding tert-OH is 1. The molecule has 4 rings (SSSR count). The van der Waals surface area contributed by atoms with Crippen LogP contribution in [0.2, 0.25) is 0 Å². The Labute approximate surface area is 212 Å². The van der Waals surface area contributed by atoms with E-state index in [4.69, 9.17) is 14.2 Å². The number of carbonyl (C=O) groups is 2. The van der Waals surface area contributed by atoms with Crippen LogP contribution < -0.4 is 14.2 Å². The Morgan fingerprint density at radius 1 is 0.946 bits per heavy atom. The molecule has 0 spiro atoms. The summed E-state index contributed by atoms with van der Waals surface area (Å²) in [5.74, 6) is -0.796. The van der Waals surface area contributed by atoms with Gasteiger partial charge in [-0.1, -0.05) is 30.3 Å². The van der Waals surface area contributed by atoms with E-state index in [1.54, 1.807) is 42.5 Å². The molecule has 10 nitrogen and oxygen atoms in total. The van der Waals surface area contributed by atoms with Gasteiger partial charge in [-0.05, 0) is 35.4 Å². The van der Waals surface area contributed by atoms with E-state index >= 15 is 0 Å². The number of nitro benzene ring substituents is 1. The monoisotopic (exact) mass is 504 g/mol. The fraction of sp³-hybridized carbons (Fsp3) is 0.185. The van der Waals surface area contributed by atoms with Crippen LogP contribution in [0, 0.1) is 10.1 Å². The highest BCUT2D eigenvalue weighted by molar-refractivity contribution is 6.46. The molecule has 0 aliphatic carbocycles. The molecule has 1 aliphatic rings. The van der Waals surface area contributed by atoms with E-state index in [-0.39, 0.29) is 23.4 Å². The molecule has 10 heteroatoms. The van der Waals surface area contributed by atoms with Gasteiger partial charge in [0.25, 0.3) is 17.4 Å². The van der Waals surface area contributed by atoms with Gasteiger partial charge >= 0.3 is 0 Å². The number of ether oxygens (including phenoxy) is 3. The second kappa shape index (κ2) is 10.4. The largest absolute Gasteiger partial charge is 0.507 e. The third-order valence-electron chi connectivity index (χ3n) is 6.08. The molecular weight excluding hydrogens is 480 g/mol. The minimum Gasteiger partial charge on any atom is -0.507 e. The molecule has 1 unspecified atom stereocenters. The molecule has 3 aromatic rings. The zero-order valence-electron chi connectivity index (χ0n) is 20.3. The zero-order chi connectivity index (χ0) is 26.7. The molecule has 0 aromatic heterocycles. The maximum atomic E-state index is 13.3. The number of non-ortho nitro benzene ring substituents is 1. The lowest BCUT2D eigenvalue weighted by molar-refractivity contribution is -0.384. The lowest BCUT2D eigenvalue weighted by Gasteiger charge is -2.26. The molecule has 3 aromatic carbocycles. The van der Waals surface area contributed by atoms with Crippen LogP contribution in [0.25, 0.3) is 5.76 Å². The molecule has 0 radical (unpaired) electrons. The average Bonchev–Trinajstić information content (AvgIpc) is 3.17. The summed E-state index contributed by atoms with van der Waals surface area (Å²) in [4.78, 5) is 38.6. The number of amides is 1. The number of aliphatic hydroxyl groups is 1. The van der Waals surface area contributed by atoms with Crippen LogP contribution in [0.3, 0.4) is 0 Å². The Kier molecular flexibility index (Phi) is 7.10. The Hall–Kier alpha value is -4.86. The van der Waals surface area contributed by atoms with E-state index in [1.807, 2.05) is 0 Å². The van der Waals surface area contributed by atoms with E-state index in [9.17, 15) is 24.8 Å². The Bertz CT molecular complexity index is 1420. The van der Waals surface area contributed by atoms with E-state index < -0.39 is 28.4 Å². The van der Waals surface area contributed by atoms with Crippen molar-refractivity contribution in [2.75, 3.05) is 21.3 Å². The number of likely N-dealkylation sites (tertiary alicyclic amines) is 1. The van der Waals surface area contributed by atoms with Crippen LogP contribution in [-0.4, -0.2) is 47.9 Å². The molecule has 0 saturated carbocycles. The first kappa shape index (κ1) is 25.2. The Balaban J connectivity index is 1.87. The minimum atomic E-state index is -0.984. The Morgan fingerprint density at radius 2 is 1.68 bits per heavy atom. The molecule has 37 heavy (non-hydrogen) atoms. The van der Waals surface area contributed by atoms with Crippen molar-refractivity contribution in [3.63, 3.8) is 0 Å². The van der Waals surface area contributed by atoms with Gasteiger partial charge in [-0.3, -0.25) is 19.7 Å². The van der Waals surface area contributed by atoms with Gasteiger partial charge in [0.15, 0.2) is 11.5 Å². The molecule has 1 atom stereocenters. The van der Waals surface area contributed by atoms with Crippen molar-refractivity contribution in [1.82, 2.24) is 4.90 Å². The van der Waals surface area contributed by atoms with Crippen LogP contribution in [0.4, 0.5) is 5.69 Å². The summed E-state index contributed by atoms with van der Waals surface area (Å²) in [6.45, 7) is 0.0124. The number of hydrogen-bond donors (Lipinski definition) is 1. The third kappa shape index (κ3) is 4.81. The highest BCUT2D eigenvalue weighted by Crippen LogP contribution is 2.42. The number of methoxy groups -OCH3 is 3. The van der Waals surface area contributed by atoms with Crippen molar-refractivity contribution in [1.29, 1.82) is 0 Å². The SMILES string of the molecule is COc1cccc(C2/C(=C(/O)c3cccc([N+](=O)[O-])c3)C(=O)C(=O)N2Cc2ccc(OC)c(OC)c2)c1. The normalized spacial score (nSPS) is 16.5. The minimum absolute atomic E-state index is 0.0124. The second-order valence-corrected chi connectivity index (χ2v) is 8.20. The van der Waals surface area contributed by atoms with Gasteiger partial charge in [0.2, 0.25) is 0 Å². The second-order valence-electron chi connectivity index (χ2n) is 8.20. The number of rotatable bonds is 8. The van der Waals surface area contributed by atoms with Crippen LogP contribution >= 0.6 is 0 Å². The van der Waals surface area contributed by atoms with Crippen LogP contribution in [0.1, 0.15) is 22.7 Å². The Morgan fingerprint density at radius 3 is 2.35 bits per heavy atom. The van der Waals surface area contributed by atoms with Crippen LogP contribution in [-0.2, 0) is 16.1 Å². The van der Waals surface area contributed by atoms with Gasteiger partial charge in [-0.15, -0.1) is 0 Å². The maximum Gasteiger partial charge on any atom is 0.295 e. The predicted molar refractivity (Wildman–Crippen MR) is 133 cm³/mol. The summed E-state index contributed by atoms with van der Waals surface area (Å²) in [6, 6.07) is 16.2. The summed E-state index contributed by atoms with van der Waals surface area (Å²) in [5, 5.41) is 22.5. The van der Waals surface area contributed by atoms with Gasteiger partial charge in [0.05, 0.1) is 37.9 Å². The zero-order valence-corrected chi connectivity index (χ0v) is 20.3. The standard InChI is InChI=1S/C27H24N2O8/c1-35-20-9-5-6-17(14-20)24-23(25(30)18-7-4-8-19(13-18)29(33)34)26(31)27(32)28(24)15-16-10-11-21(36-2)22(12-16)37-3/h4-14,24,30H,15H2,1-3H3/b25-23-. The van der Waals surface area contributed by atoms with Crippen LogP contribution in [0.15, 0.2) is 72.3 Å². The van der Waals surface area contributed by atoms with Crippen molar-refractivity contribution >= 4 is 23.1 Å². The topological polar surface area (TPSA) is 128 Å². The molecule has 1 saturated heterocycles. The van der Waals surface area contributed by atoms with Crippen LogP contribution in [0.5, 0.6) is 17.2 Å². The molecular formula is C27H24N2O8. The van der Waals surface area contributed by atoms with E-state index in [0.29, 0.717) is 28.4 Å². The number of benzene rings is 3. The lowest BCUT2D eigenvalue weighted by atomic mass is 9.95. The van der Waals surface area contributed by atoms with Gasteiger partial charge < -0.3 is 24.2 Å². The first-order valence-corrected chi connectivity index (χ1v) is 11.2.